The molecule has 1 aliphatic rings. The molecule has 0 aromatic rings. The van der Waals surface area contributed by atoms with E-state index in [0.717, 1.165) is 19.3 Å². The van der Waals surface area contributed by atoms with E-state index < -0.39 is 11.7 Å². The zero-order chi connectivity index (χ0) is 15.4. The van der Waals surface area contributed by atoms with Gasteiger partial charge in [-0.1, -0.05) is 6.92 Å². The van der Waals surface area contributed by atoms with E-state index in [4.69, 9.17) is 4.74 Å². The first-order chi connectivity index (χ1) is 9.16. The summed E-state index contributed by atoms with van der Waals surface area (Å²) in [4.78, 5) is 23.5. The lowest BCUT2D eigenvalue weighted by atomic mass is 10.0. The fourth-order valence-corrected chi connectivity index (χ4v) is 1.94. The largest absolute Gasteiger partial charge is 0.444 e. The molecule has 0 heterocycles. The second kappa shape index (κ2) is 6.46. The molecule has 1 rings (SSSR count). The maximum absolute atomic E-state index is 11.9. The Kier molecular flexibility index (Phi) is 5.42. The summed E-state index contributed by atoms with van der Waals surface area (Å²) in [6, 6.07) is 0.206. The predicted octanol–water partition coefficient (Wildman–Crippen LogP) is 2.60. The lowest BCUT2D eigenvalue weighted by Crippen LogP contribution is -2.39. The molecule has 1 saturated carbocycles. The number of nitrogens with one attached hydrogen (secondary N) is 2. The van der Waals surface area contributed by atoms with E-state index in [1.807, 2.05) is 34.6 Å². The molecule has 5 heteroatoms. The Morgan fingerprint density at radius 2 is 1.90 bits per heavy atom. The Labute approximate surface area is 121 Å². The number of ether oxygens (including phenoxy) is 1. The summed E-state index contributed by atoms with van der Waals surface area (Å²) in [7, 11) is 0. The van der Waals surface area contributed by atoms with Crippen molar-refractivity contribution >= 4 is 12.0 Å². The molecule has 1 aliphatic carbocycles. The van der Waals surface area contributed by atoms with Crippen molar-refractivity contribution < 1.29 is 14.3 Å². The van der Waals surface area contributed by atoms with Crippen LogP contribution in [0.1, 0.15) is 60.3 Å². The maximum Gasteiger partial charge on any atom is 0.407 e. The van der Waals surface area contributed by atoms with Gasteiger partial charge < -0.3 is 15.4 Å². The summed E-state index contributed by atoms with van der Waals surface area (Å²) in [5, 5.41) is 5.74. The molecule has 1 atom stereocenters. The molecule has 20 heavy (non-hydrogen) atoms. The van der Waals surface area contributed by atoms with E-state index in [0.29, 0.717) is 13.0 Å². The van der Waals surface area contributed by atoms with Gasteiger partial charge in [0.25, 0.3) is 0 Å². The monoisotopic (exact) mass is 284 g/mol. The molecular weight excluding hydrogens is 256 g/mol. The van der Waals surface area contributed by atoms with Crippen molar-refractivity contribution in [3.05, 3.63) is 0 Å². The van der Waals surface area contributed by atoms with Crippen LogP contribution in [-0.4, -0.2) is 30.2 Å². The first kappa shape index (κ1) is 16.8. The highest BCUT2D eigenvalue weighted by molar-refractivity contribution is 5.77. The van der Waals surface area contributed by atoms with E-state index >= 15 is 0 Å². The predicted molar refractivity (Wildman–Crippen MR) is 78.4 cm³/mol. The second-order valence-electron chi connectivity index (χ2n) is 6.91. The molecule has 116 valence electrons. The van der Waals surface area contributed by atoms with Crippen molar-refractivity contribution in [2.45, 2.75) is 71.9 Å². The minimum atomic E-state index is -0.491. The molecule has 0 aromatic carbocycles. The van der Waals surface area contributed by atoms with Crippen molar-refractivity contribution in [3.63, 3.8) is 0 Å². The third-order valence-corrected chi connectivity index (χ3v) is 3.52. The molecule has 0 saturated heterocycles. The molecule has 0 spiro atoms. The van der Waals surface area contributed by atoms with Crippen molar-refractivity contribution in [1.29, 1.82) is 0 Å². The SMILES string of the molecule is CCC(C)NC(=O)CC1(CNC(=O)OC(C)(C)C)CC1. The first-order valence-corrected chi connectivity index (χ1v) is 7.42. The van der Waals surface area contributed by atoms with Crippen molar-refractivity contribution in [2.75, 3.05) is 6.54 Å². The van der Waals surface area contributed by atoms with Gasteiger partial charge in [0.1, 0.15) is 5.60 Å². The Morgan fingerprint density at radius 3 is 2.35 bits per heavy atom. The third-order valence-electron chi connectivity index (χ3n) is 3.52. The van der Waals surface area contributed by atoms with Crippen LogP contribution < -0.4 is 10.6 Å². The first-order valence-electron chi connectivity index (χ1n) is 7.42. The smallest absolute Gasteiger partial charge is 0.407 e. The molecule has 0 aromatic heterocycles. The lowest BCUT2D eigenvalue weighted by Gasteiger charge is -2.22. The zero-order valence-corrected chi connectivity index (χ0v) is 13.3. The van der Waals surface area contributed by atoms with Crippen LogP contribution in [0.25, 0.3) is 0 Å². The van der Waals surface area contributed by atoms with Crippen LogP contribution in [0.3, 0.4) is 0 Å². The van der Waals surface area contributed by atoms with Crippen LogP contribution in [0.5, 0.6) is 0 Å². The molecule has 2 amide bonds. The molecule has 1 fully saturated rings. The van der Waals surface area contributed by atoms with Gasteiger partial charge in [0, 0.05) is 19.0 Å². The molecule has 0 radical (unpaired) electrons. The Morgan fingerprint density at radius 1 is 1.30 bits per heavy atom. The standard InChI is InChI=1S/C15H28N2O3/c1-6-11(2)17-12(18)9-15(7-8-15)10-16-13(19)20-14(3,4)5/h11H,6-10H2,1-5H3,(H,16,19)(H,17,18). The summed E-state index contributed by atoms with van der Waals surface area (Å²) in [6.45, 7) is 10.0. The lowest BCUT2D eigenvalue weighted by molar-refractivity contribution is -0.122. The minimum absolute atomic E-state index is 0.0611. The van der Waals surface area contributed by atoms with E-state index in [-0.39, 0.29) is 17.4 Å². The maximum atomic E-state index is 11.9. The average molecular weight is 284 g/mol. The van der Waals surface area contributed by atoms with Crippen LogP contribution in [-0.2, 0) is 9.53 Å². The van der Waals surface area contributed by atoms with Gasteiger partial charge >= 0.3 is 6.09 Å². The number of alkyl carbamates (subject to hydrolysis) is 1. The van der Waals surface area contributed by atoms with Crippen LogP contribution >= 0.6 is 0 Å². The van der Waals surface area contributed by atoms with Gasteiger partial charge in [-0.15, -0.1) is 0 Å². The van der Waals surface area contributed by atoms with E-state index in [2.05, 4.69) is 10.6 Å². The van der Waals surface area contributed by atoms with E-state index in [1.54, 1.807) is 0 Å². The molecule has 0 aliphatic heterocycles. The van der Waals surface area contributed by atoms with Gasteiger partial charge in [-0.25, -0.2) is 4.79 Å². The van der Waals surface area contributed by atoms with Gasteiger partial charge in [0.05, 0.1) is 0 Å². The van der Waals surface area contributed by atoms with Gasteiger partial charge in [0.2, 0.25) is 5.91 Å². The van der Waals surface area contributed by atoms with Crippen molar-refractivity contribution in [1.82, 2.24) is 10.6 Å². The molecule has 2 N–H and O–H groups in total. The summed E-state index contributed by atoms with van der Waals surface area (Å²) in [5.74, 6) is 0.0721. The van der Waals surface area contributed by atoms with Crippen LogP contribution in [0, 0.1) is 5.41 Å². The third kappa shape index (κ3) is 6.26. The Bertz CT molecular complexity index is 357. The highest BCUT2D eigenvalue weighted by atomic mass is 16.6. The van der Waals surface area contributed by atoms with Gasteiger partial charge in [-0.2, -0.15) is 0 Å². The summed E-state index contributed by atoms with van der Waals surface area (Å²) >= 11 is 0. The van der Waals surface area contributed by atoms with E-state index in [1.165, 1.54) is 0 Å². The number of hydrogen-bond acceptors (Lipinski definition) is 3. The van der Waals surface area contributed by atoms with Gasteiger partial charge in [-0.3, -0.25) is 4.79 Å². The molecular formula is C15H28N2O3. The minimum Gasteiger partial charge on any atom is -0.444 e. The topological polar surface area (TPSA) is 67.4 Å². The highest BCUT2D eigenvalue weighted by Crippen LogP contribution is 2.48. The normalized spacial score (nSPS) is 18.1. The fourth-order valence-electron chi connectivity index (χ4n) is 1.94. The van der Waals surface area contributed by atoms with Crippen molar-refractivity contribution in [2.24, 2.45) is 5.41 Å². The van der Waals surface area contributed by atoms with Gasteiger partial charge in [0.15, 0.2) is 0 Å². The number of amides is 2. The molecule has 1 unspecified atom stereocenters. The quantitative estimate of drug-likeness (QED) is 0.788. The Hall–Kier alpha value is -1.26. The van der Waals surface area contributed by atoms with Gasteiger partial charge in [-0.05, 0) is 52.4 Å². The molecule has 5 nitrogen and oxygen atoms in total. The number of carbonyl (C=O) groups excluding carboxylic acids is 2. The summed E-state index contributed by atoms with van der Waals surface area (Å²) in [5.41, 5.74) is -0.552. The second-order valence-corrected chi connectivity index (χ2v) is 6.91. The summed E-state index contributed by atoms with van der Waals surface area (Å²) < 4.78 is 5.20. The number of carbonyl (C=O) groups is 2. The summed E-state index contributed by atoms with van der Waals surface area (Å²) in [6.07, 6.45) is 2.96. The number of rotatable bonds is 6. The van der Waals surface area contributed by atoms with Crippen molar-refractivity contribution in [3.8, 4) is 0 Å². The average Bonchev–Trinajstić information content (AvgIpc) is 3.04. The van der Waals surface area contributed by atoms with Crippen LogP contribution in [0.15, 0.2) is 0 Å². The number of hydrogen-bond donors (Lipinski definition) is 2. The van der Waals surface area contributed by atoms with Crippen LogP contribution in [0.4, 0.5) is 4.79 Å². The Balaban J connectivity index is 2.32. The highest BCUT2D eigenvalue weighted by Gasteiger charge is 2.44. The fraction of sp³-hybridized carbons (Fsp3) is 0.867. The van der Waals surface area contributed by atoms with E-state index in [9.17, 15) is 9.59 Å². The molecule has 0 bridgehead atoms. The van der Waals surface area contributed by atoms with Crippen LogP contribution in [0.2, 0.25) is 0 Å². The zero-order valence-electron chi connectivity index (χ0n) is 13.3.